The minimum Gasteiger partial charge on any atom is -0.480 e. The molecule has 1 saturated carbocycles. The lowest BCUT2D eigenvalue weighted by Gasteiger charge is -2.37. The number of hydrogen-bond acceptors (Lipinski definition) is 2. The first-order chi connectivity index (χ1) is 8.54. The van der Waals surface area contributed by atoms with Crippen LogP contribution in [0, 0.1) is 5.92 Å². The van der Waals surface area contributed by atoms with E-state index in [0.29, 0.717) is 25.2 Å². The van der Waals surface area contributed by atoms with Crippen LogP contribution in [0.25, 0.3) is 0 Å². The summed E-state index contributed by atoms with van der Waals surface area (Å²) in [6.45, 7) is 4.16. The van der Waals surface area contributed by atoms with Crippen LogP contribution in [0.5, 0.6) is 0 Å². The number of aliphatic carboxylic acids is 1. The van der Waals surface area contributed by atoms with Gasteiger partial charge in [-0.1, -0.05) is 26.7 Å². The van der Waals surface area contributed by atoms with Crippen LogP contribution < -0.4 is 5.32 Å². The standard InChI is InChI=1S/C14H25NO3/c1-3-5-6-12(16)15-14(13(17)18)9-7-11(4-2)8-10-14/h11H,3-10H2,1-2H3,(H,15,16)(H,17,18). The van der Waals surface area contributed by atoms with E-state index in [0.717, 1.165) is 32.1 Å². The van der Waals surface area contributed by atoms with Crippen molar-refractivity contribution < 1.29 is 14.7 Å². The van der Waals surface area contributed by atoms with E-state index < -0.39 is 11.5 Å². The highest BCUT2D eigenvalue weighted by atomic mass is 16.4. The van der Waals surface area contributed by atoms with E-state index in [2.05, 4.69) is 12.2 Å². The van der Waals surface area contributed by atoms with Crippen molar-refractivity contribution in [1.29, 1.82) is 0 Å². The molecule has 1 amide bonds. The molecule has 0 radical (unpaired) electrons. The smallest absolute Gasteiger partial charge is 0.329 e. The molecule has 4 nitrogen and oxygen atoms in total. The molecule has 2 N–H and O–H groups in total. The minimum absolute atomic E-state index is 0.116. The van der Waals surface area contributed by atoms with E-state index in [-0.39, 0.29) is 5.91 Å². The third-order valence-electron chi connectivity index (χ3n) is 4.08. The molecule has 0 spiro atoms. The number of nitrogens with one attached hydrogen (secondary N) is 1. The van der Waals surface area contributed by atoms with E-state index in [1.54, 1.807) is 0 Å². The van der Waals surface area contributed by atoms with Gasteiger partial charge in [-0.15, -0.1) is 0 Å². The predicted molar refractivity (Wildman–Crippen MR) is 70.3 cm³/mol. The molecule has 0 aromatic rings. The third kappa shape index (κ3) is 3.72. The molecule has 1 fully saturated rings. The topological polar surface area (TPSA) is 66.4 Å². The molecule has 1 rings (SSSR count). The number of carboxylic acids is 1. The van der Waals surface area contributed by atoms with E-state index in [1.807, 2.05) is 6.92 Å². The Balaban J connectivity index is 2.60. The minimum atomic E-state index is -1.00. The maximum absolute atomic E-state index is 11.8. The summed E-state index contributed by atoms with van der Waals surface area (Å²) < 4.78 is 0. The second-order valence-corrected chi connectivity index (χ2v) is 5.39. The van der Waals surface area contributed by atoms with Crippen LogP contribution in [0.15, 0.2) is 0 Å². The molecule has 0 atom stereocenters. The van der Waals surface area contributed by atoms with Crippen molar-refractivity contribution in [3.63, 3.8) is 0 Å². The van der Waals surface area contributed by atoms with Gasteiger partial charge in [-0.25, -0.2) is 4.79 Å². The number of carboxylic acid groups (broad SMARTS) is 1. The zero-order chi connectivity index (χ0) is 13.6. The molecule has 104 valence electrons. The predicted octanol–water partition coefficient (Wildman–Crippen LogP) is 2.72. The zero-order valence-corrected chi connectivity index (χ0v) is 11.5. The Morgan fingerprint density at radius 1 is 1.28 bits per heavy atom. The molecule has 1 aliphatic carbocycles. The second kappa shape index (κ2) is 6.76. The Bertz CT molecular complexity index is 293. The number of carbonyl (C=O) groups is 2. The number of hydrogen-bond donors (Lipinski definition) is 2. The van der Waals surface area contributed by atoms with Gasteiger partial charge in [0.1, 0.15) is 5.54 Å². The van der Waals surface area contributed by atoms with Gasteiger partial charge in [0.25, 0.3) is 0 Å². The molecule has 0 heterocycles. The molecular weight excluding hydrogens is 230 g/mol. The summed E-state index contributed by atoms with van der Waals surface area (Å²) in [5.41, 5.74) is -1.00. The molecule has 0 bridgehead atoms. The molecule has 1 aliphatic rings. The molecule has 18 heavy (non-hydrogen) atoms. The fourth-order valence-electron chi connectivity index (χ4n) is 2.64. The van der Waals surface area contributed by atoms with Gasteiger partial charge < -0.3 is 10.4 Å². The van der Waals surface area contributed by atoms with Crippen LogP contribution in [-0.4, -0.2) is 22.5 Å². The molecule has 0 saturated heterocycles. The molecule has 0 aliphatic heterocycles. The maximum atomic E-state index is 11.8. The highest BCUT2D eigenvalue weighted by Crippen LogP contribution is 2.34. The van der Waals surface area contributed by atoms with Crippen molar-refractivity contribution in [2.75, 3.05) is 0 Å². The normalized spacial score (nSPS) is 27.8. The van der Waals surface area contributed by atoms with Crippen LogP contribution in [0.3, 0.4) is 0 Å². The van der Waals surface area contributed by atoms with Gasteiger partial charge in [0, 0.05) is 6.42 Å². The van der Waals surface area contributed by atoms with Crippen molar-refractivity contribution in [1.82, 2.24) is 5.32 Å². The first-order valence-electron chi connectivity index (χ1n) is 7.08. The fourth-order valence-corrected chi connectivity index (χ4v) is 2.64. The van der Waals surface area contributed by atoms with Gasteiger partial charge in [-0.2, -0.15) is 0 Å². The largest absolute Gasteiger partial charge is 0.480 e. The summed E-state index contributed by atoms with van der Waals surface area (Å²) in [5.74, 6) is -0.374. The van der Waals surface area contributed by atoms with Crippen LogP contribution in [0.1, 0.15) is 65.2 Å². The van der Waals surface area contributed by atoms with E-state index in [9.17, 15) is 14.7 Å². The lowest BCUT2D eigenvalue weighted by atomic mass is 9.75. The zero-order valence-electron chi connectivity index (χ0n) is 11.5. The van der Waals surface area contributed by atoms with Crippen molar-refractivity contribution in [3.8, 4) is 0 Å². The summed E-state index contributed by atoms with van der Waals surface area (Å²) in [4.78, 5) is 23.2. The second-order valence-electron chi connectivity index (χ2n) is 5.39. The Morgan fingerprint density at radius 2 is 1.89 bits per heavy atom. The SMILES string of the molecule is CCCCC(=O)NC1(C(=O)O)CCC(CC)CC1. The lowest BCUT2D eigenvalue weighted by Crippen LogP contribution is -2.56. The van der Waals surface area contributed by atoms with Crippen LogP contribution in [0.2, 0.25) is 0 Å². The third-order valence-corrected chi connectivity index (χ3v) is 4.08. The van der Waals surface area contributed by atoms with Crippen molar-refractivity contribution in [2.24, 2.45) is 5.92 Å². The fraction of sp³-hybridized carbons (Fsp3) is 0.857. The quantitative estimate of drug-likeness (QED) is 0.767. The molecular formula is C14H25NO3. The Labute approximate surface area is 109 Å². The van der Waals surface area contributed by atoms with Crippen molar-refractivity contribution in [3.05, 3.63) is 0 Å². The van der Waals surface area contributed by atoms with Crippen molar-refractivity contribution >= 4 is 11.9 Å². The average molecular weight is 255 g/mol. The van der Waals surface area contributed by atoms with Crippen LogP contribution in [0.4, 0.5) is 0 Å². The number of rotatable bonds is 6. The van der Waals surface area contributed by atoms with E-state index in [4.69, 9.17) is 0 Å². The van der Waals surface area contributed by atoms with Gasteiger partial charge in [0.2, 0.25) is 5.91 Å². The number of unbranched alkanes of at least 4 members (excludes halogenated alkanes) is 1. The lowest BCUT2D eigenvalue weighted by molar-refractivity contribution is -0.149. The maximum Gasteiger partial charge on any atom is 0.329 e. The Kier molecular flexibility index (Phi) is 5.63. The van der Waals surface area contributed by atoms with Gasteiger partial charge in [0.15, 0.2) is 0 Å². The van der Waals surface area contributed by atoms with Crippen LogP contribution >= 0.6 is 0 Å². The van der Waals surface area contributed by atoms with Gasteiger partial charge >= 0.3 is 5.97 Å². The molecule has 0 unspecified atom stereocenters. The van der Waals surface area contributed by atoms with Gasteiger partial charge in [-0.3, -0.25) is 4.79 Å². The van der Waals surface area contributed by atoms with E-state index >= 15 is 0 Å². The number of carbonyl (C=O) groups excluding carboxylic acids is 1. The molecule has 4 heteroatoms. The van der Waals surface area contributed by atoms with Gasteiger partial charge in [0.05, 0.1) is 0 Å². The molecule has 0 aromatic carbocycles. The first kappa shape index (κ1) is 15.0. The van der Waals surface area contributed by atoms with Crippen molar-refractivity contribution in [2.45, 2.75) is 70.8 Å². The summed E-state index contributed by atoms with van der Waals surface area (Å²) in [6.07, 6.45) is 6.23. The summed E-state index contributed by atoms with van der Waals surface area (Å²) >= 11 is 0. The average Bonchev–Trinajstić information content (AvgIpc) is 2.37. The van der Waals surface area contributed by atoms with Crippen LogP contribution in [-0.2, 0) is 9.59 Å². The molecule has 0 aromatic heterocycles. The van der Waals surface area contributed by atoms with E-state index in [1.165, 1.54) is 0 Å². The summed E-state index contributed by atoms with van der Waals surface area (Å²) in [7, 11) is 0. The first-order valence-corrected chi connectivity index (χ1v) is 7.08. The monoisotopic (exact) mass is 255 g/mol. The highest BCUT2D eigenvalue weighted by molar-refractivity contribution is 5.87. The van der Waals surface area contributed by atoms with Gasteiger partial charge in [-0.05, 0) is 38.0 Å². The summed E-state index contributed by atoms with van der Waals surface area (Å²) in [6, 6.07) is 0. The number of amides is 1. The highest BCUT2D eigenvalue weighted by Gasteiger charge is 2.42. The Morgan fingerprint density at radius 3 is 2.33 bits per heavy atom. The summed E-state index contributed by atoms with van der Waals surface area (Å²) in [5, 5.41) is 12.2. The Hall–Kier alpha value is -1.06.